The molecule has 7 nitrogen and oxygen atoms in total. The summed E-state index contributed by atoms with van der Waals surface area (Å²) in [5.41, 5.74) is 1.13. The highest BCUT2D eigenvalue weighted by atomic mass is 32.2. The van der Waals surface area contributed by atoms with Crippen molar-refractivity contribution in [2.75, 3.05) is 24.8 Å². The number of benzene rings is 2. The molecule has 2 aromatic carbocycles. The first kappa shape index (κ1) is 20.4. The standard InChI is InChI=1S/C20H18FN3O4S/c1-27-17-7-3-5-15(11-17)23-18(25)12-28-19(26)13-29-20-22-8-9-24(20)16-6-2-4-14(21)10-16/h2-11H,12-13H2,1H3,(H,23,25). The number of hydrogen-bond acceptors (Lipinski definition) is 6. The van der Waals surface area contributed by atoms with Gasteiger partial charge in [0.1, 0.15) is 11.6 Å². The lowest BCUT2D eigenvalue weighted by Gasteiger charge is -2.09. The Morgan fingerprint density at radius 3 is 2.83 bits per heavy atom. The van der Waals surface area contributed by atoms with Crippen LogP contribution in [0, 0.1) is 5.82 Å². The minimum absolute atomic E-state index is 0.0429. The van der Waals surface area contributed by atoms with Gasteiger partial charge in [-0.15, -0.1) is 0 Å². The van der Waals surface area contributed by atoms with Crippen molar-refractivity contribution in [2.24, 2.45) is 0 Å². The fourth-order valence-electron chi connectivity index (χ4n) is 2.43. The number of ether oxygens (including phenoxy) is 2. The van der Waals surface area contributed by atoms with Crippen LogP contribution in [0.3, 0.4) is 0 Å². The van der Waals surface area contributed by atoms with Crippen molar-refractivity contribution in [2.45, 2.75) is 5.16 Å². The minimum atomic E-state index is -0.565. The Morgan fingerprint density at radius 1 is 1.21 bits per heavy atom. The second-order valence-corrected chi connectivity index (χ2v) is 6.73. The number of esters is 1. The Labute approximate surface area is 170 Å². The zero-order valence-corrected chi connectivity index (χ0v) is 16.3. The van der Waals surface area contributed by atoms with E-state index in [0.717, 1.165) is 11.8 Å². The van der Waals surface area contributed by atoms with E-state index in [0.29, 0.717) is 22.3 Å². The number of amides is 1. The number of rotatable bonds is 8. The smallest absolute Gasteiger partial charge is 0.316 e. The van der Waals surface area contributed by atoms with Gasteiger partial charge in [0, 0.05) is 24.1 Å². The largest absolute Gasteiger partial charge is 0.497 e. The molecule has 1 aromatic heterocycles. The number of carbonyl (C=O) groups excluding carboxylic acids is 2. The fourth-order valence-corrected chi connectivity index (χ4v) is 3.20. The molecular formula is C20H18FN3O4S. The number of thioether (sulfide) groups is 1. The van der Waals surface area contributed by atoms with Crippen molar-refractivity contribution in [1.29, 1.82) is 0 Å². The summed E-state index contributed by atoms with van der Waals surface area (Å²) in [4.78, 5) is 28.1. The van der Waals surface area contributed by atoms with E-state index < -0.39 is 18.5 Å². The molecule has 0 atom stereocenters. The van der Waals surface area contributed by atoms with Crippen molar-refractivity contribution in [3.8, 4) is 11.4 Å². The maximum Gasteiger partial charge on any atom is 0.316 e. The van der Waals surface area contributed by atoms with Crippen LogP contribution in [-0.4, -0.2) is 40.9 Å². The van der Waals surface area contributed by atoms with Crippen LogP contribution in [0.25, 0.3) is 5.69 Å². The van der Waals surface area contributed by atoms with Crippen molar-refractivity contribution in [3.63, 3.8) is 0 Å². The molecule has 3 rings (SSSR count). The highest BCUT2D eigenvalue weighted by Crippen LogP contribution is 2.21. The molecule has 0 fully saturated rings. The number of nitrogens with zero attached hydrogens (tertiary/aromatic N) is 2. The topological polar surface area (TPSA) is 82.4 Å². The molecule has 9 heteroatoms. The van der Waals surface area contributed by atoms with Gasteiger partial charge in [0.25, 0.3) is 5.91 Å². The Hall–Kier alpha value is -3.33. The van der Waals surface area contributed by atoms with E-state index >= 15 is 0 Å². The Morgan fingerprint density at radius 2 is 2.03 bits per heavy atom. The zero-order chi connectivity index (χ0) is 20.6. The second-order valence-electron chi connectivity index (χ2n) is 5.79. The van der Waals surface area contributed by atoms with Gasteiger partial charge < -0.3 is 14.8 Å². The number of imidazole rings is 1. The van der Waals surface area contributed by atoms with Gasteiger partial charge in [0.2, 0.25) is 0 Å². The summed E-state index contributed by atoms with van der Waals surface area (Å²) in [6.07, 6.45) is 3.23. The highest BCUT2D eigenvalue weighted by molar-refractivity contribution is 7.99. The highest BCUT2D eigenvalue weighted by Gasteiger charge is 2.12. The number of methoxy groups -OCH3 is 1. The predicted molar refractivity (Wildman–Crippen MR) is 107 cm³/mol. The van der Waals surface area contributed by atoms with Crippen LogP contribution >= 0.6 is 11.8 Å². The summed E-state index contributed by atoms with van der Waals surface area (Å²) in [6.45, 7) is -0.408. The lowest BCUT2D eigenvalue weighted by Crippen LogP contribution is -2.21. The Balaban J connectivity index is 1.48. The van der Waals surface area contributed by atoms with Crippen LogP contribution in [0.2, 0.25) is 0 Å². The van der Waals surface area contributed by atoms with E-state index in [-0.39, 0.29) is 11.6 Å². The van der Waals surface area contributed by atoms with Gasteiger partial charge >= 0.3 is 5.97 Å². The lowest BCUT2D eigenvalue weighted by atomic mass is 10.3. The third-order valence-corrected chi connectivity index (χ3v) is 4.67. The molecule has 0 aliphatic heterocycles. The summed E-state index contributed by atoms with van der Waals surface area (Å²) in [5, 5.41) is 3.13. The SMILES string of the molecule is COc1cccc(NC(=O)COC(=O)CSc2nccn2-c2cccc(F)c2)c1. The molecule has 0 saturated heterocycles. The van der Waals surface area contributed by atoms with E-state index in [9.17, 15) is 14.0 Å². The van der Waals surface area contributed by atoms with E-state index in [1.54, 1.807) is 53.4 Å². The van der Waals surface area contributed by atoms with E-state index in [1.807, 2.05) is 0 Å². The third-order valence-electron chi connectivity index (χ3n) is 3.73. The molecule has 1 N–H and O–H groups in total. The zero-order valence-electron chi connectivity index (χ0n) is 15.5. The van der Waals surface area contributed by atoms with Crippen molar-refractivity contribution in [3.05, 3.63) is 66.7 Å². The van der Waals surface area contributed by atoms with Crippen LogP contribution in [0.5, 0.6) is 5.75 Å². The van der Waals surface area contributed by atoms with Crippen molar-refractivity contribution >= 4 is 29.3 Å². The van der Waals surface area contributed by atoms with Crippen LogP contribution in [0.1, 0.15) is 0 Å². The van der Waals surface area contributed by atoms with Gasteiger partial charge in [-0.25, -0.2) is 9.37 Å². The summed E-state index contributed by atoms with van der Waals surface area (Å²) in [5.74, 6) is -0.834. The monoisotopic (exact) mass is 415 g/mol. The number of hydrogen-bond donors (Lipinski definition) is 1. The molecule has 0 unspecified atom stereocenters. The van der Waals surface area contributed by atoms with Gasteiger partial charge in [-0.2, -0.15) is 0 Å². The van der Waals surface area contributed by atoms with E-state index in [1.165, 1.54) is 19.2 Å². The fraction of sp³-hybridized carbons (Fsp3) is 0.150. The molecule has 0 radical (unpaired) electrons. The minimum Gasteiger partial charge on any atom is -0.497 e. The predicted octanol–water partition coefficient (Wildman–Crippen LogP) is 3.29. The molecule has 3 aromatic rings. The summed E-state index contributed by atoms with van der Waals surface area (Å²) >= 11 is 1.13. The molecule has 1 heterocycles. The second kappa shape index (κ2) is 9.74. The first-order valence-electron chi connectivity index (χ1n) is 8.57. The normalized spacial score (nSPS) is 10.4. The molecule has 0 aliphatic rings. The molecule has 0 saturated carbocycles. The van der Waals surface area contributed by atoms with Gasteiger partial charge in [-0.05, 0) is 30.3 Å². The Kier molecular flexibility index (Phi) is 6.85. The van der Waals surface area contributed by atoms with Gasteiger partial charge in [0.05, 0.1) is 18.6 Å². The van der Waals surface area contributed by atoms with Crippen LogP contribution in [0.15, 0.2) is 66.1 Å². The van der Waals surface area contributed by atoms with Crippen LogP contribution < -0.4 is 10.1 Å². The summed E-state index contributed by atoms with van der Waals surface area (Å²) in [7, 11) is 1.53. The lowest BCUT2D eigenvalue weighted by molar-refractivity contribution is -0.144. The average Bonchev–Trinajstić information content (AvgIpc) is 3.19. The summed E-state index contributed by atoms with van der Waals surface area (Å²) in [6, 6.07) is 12.9. The first-order valence-corrected chi connectivity index (χ1v) is 9.55. The third kappa shape index (κ3) is 5.82. The molecule has 0 aliphatic carbocycles. The number of carbonyl (C=O) groups is 2. The Bertz CT molecular complexity index is 1010. The maximum absolute atomic E-state index is 13.4. The van der Waals surface area contributed by atoms with Crippen LogP contribution in [0.4, 0.5) is 10.1 Å². The first-order chi connectivity index (χ1) is 14.0. The average molecular weight is 415 g/mol. The summed E-state index contributed by atoms with van der Waals surface area (Å²) < 4.78 is 25.2. The van der Waals surface area contributed by atoms with Gasteiger partial charge in [-0.3, -0.25) is 14.2 Å². The van der Waals surface area contributed by atoms with Gasteiger partial charge in [-0.1, -0.05) is 23.9 Å². The molecule has 150 valence electrons. The number of anilines is 1. The van der Waals surface area contributed by atoms with Crippen molar-refractivity contribution in [1.82, 2.24) is 9.55 Å². The molecule has 0 spiro atoms. The van der Waals surface area contributed by atoms with E-state index in [2.05, 4.69) is 10.3 Å². The van der Waals surface area contributed by atoms with Crippen LogP contribution in [-0.2, 0) is 14.3 Å². The number of nitrogens with one attached hydrogen (secondary N) is 1. The molecule has 0 bridgehead atoms. The maximum atomic E-state index is 13.4. The molecule has 29 heavy (non-hydrogen) atoms. The number of aromatic nitrogens is 2. The van der Waals surface area contributed by atoms with Crippen molar-refractivity contribution < 1.29 is 23.5 Å². The quantitative estimate of drug-likeness (QED) is 0.449. The number of halogens is 1. The molecular weight excluding hydrogens is 397 g/mol. The van der Waals surface area contributed by atoms with E-state index in [4.69, 9.17) is 9.47 Å². The van der Waals surface area contributed by atoms with Gasteiger partial charge in [0.15, 0.2) is 11.8 Å². The molecule has 1 amide bonds.